The average Bonchev–Trinajstić information content (AvgIpc) is 2.21. The van der Waals surface area contributed by atoms with Gasteiger partial charge < -0.3 is 4.74 Å². The maximum absolute atomic E-state index is 11.2. The van der Waals surface area contributed by atoms with Crippen LogP contribution >= 0.6 is 15.9 Å². The molecule has 0 fully saturated rings. The highest BCUT2D eigenvalue weighted by molar-refractivity contribution is 9.10. The van der Waals surface area contributed by atoms with Gasteiger partial charge in [0.1, 0.15) is 6.07 Å². The first-order chi connectivity index (χ1) is 7.19. The summed E-state index contributed by atoms with van der Waals surface area (Å²) in [6, 6.07) is 7.06. The van der Waals surface area contributed by atoms with Crippen LogP contribution in [-0.4, -0.2) is 12.7 Å². The number of hydrogen-bond donors (Lipinski definition) is 1. The van der Waals surface area contributed by atoms with Gasteiger partial charge in [-0.15, -0.1) is 0 Å². The summed E-state index contributed by atoms with van der Waals surface area (Å²) >= 11 is 3.25. The summed E-state index contributed by atoms with van der Waals surface area (Å²) in [5.74, 6) is 0. The van der Waals surface area contributed by atoms with Gasteiger partial charge in [-0.05, 0) is 35.0 Å². The van der Waals surface area contributed by atoms with E-state index in [1.807, 2.05) is 6.07 Å². The SMILES string of the molecule is CCOC(=O)Nc1c(Br)cccc1C#N. The standard InChI is InChI=1S/C10H9BrN2O2/c1-2-15-10(14)13-9-7(6-12)4-3-5-8(9)11/h3-5H,2H2,1H3,(H,13,14). The van der Waals surface area contributed by atoms with E-state index in [1.54, 1.807) is 25.1 Å². The van der Waals surface area contributed by atoms with E-state index >= 15 is 0 Å². The fourth-order valence-corrected chi connectivity index (χ4v) is 1.48. The first-order valence-corrected chi connectivity index (χ1v) is 5.10. The first kappa shape index (κ1) is 11.5. The average molecular weight is 269 g/mol. The number of nitrogens with one attached hydrogen (secondary N) is 1. The number of halogens is 1. The Balaban J connectivity index is 2.94. The van der Waals surface area contributed by atoms with E-state index in [9.17, 15) is 4.79 Å². The largest absolute Gasteiger partial charge is 0.450 e. The summed E-state index contributed by atoms with van der Waals surface area (Å²) in [7, 11) is 0. The molecule has 0 atom stereocenters. The molecule has 1 N–H and O–H groups in total. The summed E-state index contributed by atoms with van der Waals surface area (Å²) in [5, 5.41) is 11.3. The molecule has 1 amide bonds. The quantitative estimate of drug-likeness (QED) is 0.897. The van der Waals surface area contributed by atoms with Gasteiger partial charge in [0, 0.05) is 4.47 Å². The molecule has 1 rings (SSSR count). The summed E-state index contributed by atoms with van der Waals surface area (Å²) in [6.07, 6.45) is -0.569. The van der Waals surface area contributed by atoms with Crippen molar-refractivity contribution in [1.29, 1.82) is 5.26 Å². The highest BCUT2D eigenvalue weighted by Gasteiger charge is 2.09. The number of hydrogen-bond acceptors (Lipinski definition) is 3. The van der Waals surface area contributed by atoms with Crippen molar-refractivity contribution in [3.8, 4) is 6.07 Å². The van der Waals surface area contributed by atoms with Crippen LogP contribution < -0.4 is 5.32 Å². The van der Waals surface area contributed by atoms with Crippen LogP contribution in [0, 0.1) is 11.3 Å². The number of carbonyl (C=O) groups is 1. The molecule has 5 heteroatoms. The number of para-hydroxylation sites is 1. The number of benzene rings is 1. The Morgan fingerprint density at radius 1 is 1.67 bits per heavy atom. The summed E-state index contributed by atoms with van der Waals surface area (Å²) in [6.45, 7) is 2.00. The van der Waals surface area contributed by atoms with Gasteiger partial charge >= 0.3 is 6.09 Å². The van der Waals surface area contributed by atoms with Crippen molar-refractivity contribution in [2.24, 2.45) is 0 Å². The van der Waals surface area contributed by atoms with Crippen molar-refractivity contribution in [2.45, 2.75) is 6.92 Å². The Labute approximate surface area is 96.0 Å². The van der Waals surface area contributed by atoms with Gasteiger partial charge in [0.05, 0.1) is 17.9 Å². The minimum Gasteiger partial charge on any atom is -0.450 e. The second-order valence-corrected chi connectivity index (χ2v) is 3.47. The molecule has 0 unspecified atom stereocenters. The Kier molecular flexibility index (Phi) is 4.13. The van der Waals surface area contributed by atoms with Crippen LogP contribution in [0.1, 0.15) is 12.5 Å². The lowest BCUT2D eigenvalue weighted by Crippen LogP contribution is -2.14. The van der Waals surface area contributed by atoms with E-state index in [0.717, 1.165) is 0 Å². The van der Waals surface area contributed by atoms with Crippen molar-refractivity contribution in [2.75, 3.05) is 11.9 Å². The van der Waals surface area contributed by atoms with E-state index in [1.165, 1.54) is 0 Å². The summed E-state index contributed by atoms with van der Waals surface area (Å²) in [5.41, 5.74) is 0.816. The van der Waals surface area contributed by atoms with Crippen molar-refractivity contribution in [3.05, 3.63) is 28.2 Å². The molecular formula is C10H9BrN2O2. The van der Waals surface area contributed by atoms with Crippen LogP contribution in [0.25, 0.3) is 0 Å². The molecule has 0 aliphatic heterocycles. The smallest absolute Gasteiger partial charge is 0.411 e. The molecule has 1 aromatic rings. The number of anilines is 1. The lowest BCUT2D eigenvalue weighted by molar-refractivity contribution is 0.168. The van der Waals surface area contributed by atoms with E-state index in [4.69, 9.17) is 10.00 Å². The van der Waals surface area contributed by atoms with Crippen LogP contribution in [-0.2, 0) is 4.74 Å². The summed E-state index contributed by atoms with van der Waals surface area (Å²) in [4.78, 5) is 11.2. The molecule has 4 nitrogen and oxygen atoms in total. The molecule has 1 aromatic carbocycles. The van der Waals surface area contributed by atoms with Gasteiger partial charge in [-0.25, -0.2) is 4.79 Å². The zero-order valence-corrected chi connectivity index (χ0v) is 9.67. The maximum Gasteiger partial charge on any atom is 0.411 e. The fourth-order valence-electron chi connectivity index (χ4n) is 1.01. The van der Waals surface area contributed by atoms with E-state index in [0.29, 0.717) is 15.7 Å². The minimum atomic E-state index is -0.569. The van der Waals surface area contributed by atoms with Gasteiger partial charge in [-0.2, -0.15) is 5.26 Å². The van der Waals surface area contributed by atoms with Crippen LogP contribution in [0.5, 0.6) is 0 Å². The van der Waals surface area contributed by atoms with Gasteiger partial charge in [0.15, 0.2) is 0 Å². The molecule has 0 heterocycles. The monoisotopic (exact) mass is 268 g/mol. The van der Waals surface area contributed by atoms with E-state index < -0.39 is 6.09 Å². The van der Waals surface area contributed by atoms with Crippen LogP contribution in [0.15, 0.2) is 22.7 Å². The maximum atomic E-state index is 11.2. The lowest BCUT2D eigenvalue weighted by Gasteiger charge is -2.08. The van der Waals surface area contributed by atoms with Crippen molar-refractivity contribution in [1.82, 2.24) is 0 Å². The molecule has 0 saturated carbocycles. The number of carbonyl (C=O) groups excluding carboxylic acids is 1. The fraction of sp³-hybridized carbons (Fsp3) is 0.200. The predicted octanol–water partition coefficient (Wildman–Crippen LogP) is 2.89. The van der Waals surface area contributed by atoms with Gasteiger partial charge in [0.25, 0.3) is 0 Å². The Bertz CT molecular complexity index is 412. The zero-order chi connectivity index (χ0) is 11.3. The molecule has 78 valence electrons. The molecule has 15 heavy (non-hydrogen) atoms. The van der Waals surface area contributed by atoms with Crippen LogP contribution in [0.3, 0.4) is 0 Å². The third-order valence-corrected chi connectivity index (χ3v) is 2.30. The second-order valence-electron chi connectivity index (χ2n) is 2.62. The number of nitrogens with zero attached hydrogens (tertiary/aromatic N) is 1. The molecule has 0 bridgehead atoms. The molecule has 0 spiro atoms. The van der Waals surface area contributed by atoms with E-state index in [2.05, 4.69) is 21.2 Å². The van der Waals surface area contributed by atoms with Crippen LogP contribution in [0.2, 0.25) is 0 Å². The molecule has 0 saturated heterocycles. The molecular weight excluding hydrogens is 260 g/mol. The highest BCUT2D eigenvalue weighted by Crippen LogP contribution is 2.25. The number of amides is 1. The first-order valence-electron chi connectivity index (χ1n) is 4.31. The molecule has 0 aromatic heterocycles. The Hall–Kier alpha value is -1.54. The summed E-state index contributed by atoms with van der Waals surface area (Å²) < 4.78 is 5.37. The molecule has 0 aliphatic carbocycles. The van der Waals surface area contributed by atoms with Crippen molar-refractivity contribution in [3.63, 3.8) is 0 Å². The zero-order valence-electron chi connectivity index (χ0n) is 8.08. The number of nitriles is 1. The minimum absolute atomic E-state index is 0.290. The highest BCUT2D eigenvalue weighted by atomic mass is 79.9. The van der Waals surface area contributed by atoms with Gasteiger partial charge in [-0.1, -0.05) is 6.07 Å². The number of ether oxygens (including phenoxy) is 1. The Morgan fingerprint density at radius 3 is 3.00 bits per heavy atom. The van der Waals surface area contributed by atoms with E-state index in [-0.39, 0.29) is 6.61 Å². The van der Waals surface area contributed by atoms with Gasteiger partial charge in [-0.3, -0.25) is 5.32 Å². The third-order valence-electron chi connectivity index (χ3n) is 1.64. The third kappa shape index (κ3) is 2.96. The normalized spacial score (nSPS) is 9.13. The number of rotatable bonds is 2. The second kappa shape index (κ2) is 5.37. The van der Waals surface area contributed by atoms with Gasteiger partial charge in [0.2, 0.25) is 0 Å². The molecule has 0 radical (unpaired) electrons. The predicted molar refractivity (Wildman–Crippen MR) is 59.5 cm³/mol. The lowest BCUT2D eigenvalue weighted by atomic mass is 10.2. The Morgan fingerprint density at radius 2 is 2.40 bits per heavy atom. The van der Waals surface area contributed by atoms with Crippen molar-refractivity contribution >= 4 is 27.7 Å². The molecule has 0 aliphatic rings. The van der Waals surface area contributed by atoms with Crippen LogP contribution in [0.4, 0.5) is 10.5 Å². The topological polar surface area (TPSA) is 62.1 Å². The van der Waals surface area contributed by atoms with Crippen molar-refractivity contribution < 1.29 is 9.53 Å².